The second-order valence-corrected chi connectivity index (χ2v) is 4.52. The van der Waals surface area contributed by atoms with Crippen molar-refractivity contribution in [1.29, 1.82) is 0 Å². The van der Waals surface area contributed by atoms with Gasteiger partial charge in [-0.05, 0) is 32.0 Å². The Labute approximate surface area is 105 Å². The lowest BCUT2D eigenvalue weighted by atomic mass is 10.1. The third-order valence-electron chi connectivity index (χ3n) is 3.05. The maximum absolute atomic E-state index is 10.8. The van der Waals surface area contributed by atoms with Gasteiger partial charge in [-0.1, -0.05) is 0 Å². The number of rotatable bonds is 3. The Kier molecular flexibility index (Phi) is 3.66. The first kappa shape index (κ1) is 12.6. The summed E-state index contributed by atoms with van der Waals surface area (Å²) in [5.74, 6) is -0.854. The van der Waals surface area contributed by atoms with Gasteiger partial charge in [0.1, 0.15) is 6.10 Å². The number of hydrogen-bond donors (Lipinski definition) is 2. The van der Waals surface area contributed by atoms with Crippen LogP contribution < -0.4 is 10.5 Å². The second-order valence-electron chi connectivity index (χ2n) is 4.52. The molecule has 6 heteroatoms. The molecular formula is C12H17N3O3. The minimum absolute atomic E-state index is 0.0490. The molecule has 0 unspecified atom stereocenters. The van der Waals surface area contributed by atoms with Gasteiger partial charge in [-0.2, -0.15) is 0 Å². The molecule has 0 spiro atoms. The van der Waals surface area contributed by atoms with Crippen molar-refractivity contribution < 1.29 is 14.6 Å². The molecule has 0 radical (unpaired) electrons. The van der Waals surface area contributed by atoms with E-state index < -0.39 is 5.97 Å². The highest BCUT2D eigenvalue weighted by Crippen LogP contribution is 2.23. The molecule has 1 aromatic rings. The third kappa shape index (κ3) is 2.89. The number of hydrogen-bond acceptors (Lipinski definition) is 5. The fraction of sp³-hybridized carbons (Fsp3) is 0.500. The van der Waals surface area contributed by atoms with E-state index in [2.05, 4.69) is 16.9 Å². The number of carboxylic acid groups (broad SMARTS) is 1. The van der Waals surface area contributed by atoms with Crippen molar-refractivity contribution >= 4 is 11.7 Å². The first-order chi connectivity index (χ1) is 8.56. The van der Waals surface area contributed by atoms with Gasteiger partial charge in [0.25, 0.3) is 0 Å². The molecule has 1 aliphatic heterocycles. The highest BCUT2D eigenvalue weighted by atomic mass is 16.5. The van der Waals surface area contributed by atoms with Gasteiger partial charge in [0.2, 0.25) is 5.88 Å². The van der Waals surface area contributed by atoms with Crippen LogP contribution in [0.5, 0.6) is 5.88 Å². The van der Waals surface area contributed by atoms with Crippen LogP contribution in [0.4, 0.5) is 5.69 Å². The number of carbonyl (C=O) groups is 1. The monoisotopic (exact) mass is 251 g/mol. The van der Waals surface area contributed by atoms with Crippen molar-refractivity contribution in [2.24, 2.45) is 0 Å². The summed E-state index contributed by atoms with van der Waals surface area (Å²) in [7, 11) is 2.06. The Morgan fingerprint density at radius 2 is 2.17 bits per heavy atom. The van der Waals surface area contributed by atoms with Crippen molar-refractivity contribution in [3.8, 4) is 5.88 Å². The van der Waals surface area contributed by atoms with Crippen LogP contribution in [0.1, 0.15) is 23.3 Å². The van der Waals surface area contributed by atoms with Gasteiger partial charge in [-0.3, -0.25) is 0 Å². The number of piperidine rings is 1. The number of nitrogen functional groups attached to an aromatic ring is 1. The largest absolute Gasteiger partial charge is 0.477 e. The standard InChI is InChI=1S/C12H17N3O3/c1-15-6-4-8(5-7-15)18-11-9(13)2-3-10(14-11)12(16)17/h2-3,8H,4-7,13H2,1H3,(H,16,17). The third-order valence-corrected chi connectivity index (χ3v) is 3.05. The summed E-state index contributed by atoms with van der Waals surface area (Å²) in [6, 6.07) is 2.89. The van der Waals surface area contributed by atoms with E-state index in [1.807, 2.05) is 0 Å². The average molecular weight is 251 g/mol. The molecule has 0 aliphatic carbocycles. The lowest BCUT2D eigenvalue weighted by Gasteiger charge is -2.29. The summed E-state index contributed by atoms with van der Waals surface area (Å²) < 4.78 is 5.70. The van der Waals surface area contributed by atoms with E-state index in [0.717, 1.165) is 25.9 Å². The molecule has 1 saturated heterocycles. The molecule has 1 aromatic heterocycles. The molecule has 18 heavy (non-hydrogen) atoms. The summed E-state index contributed by atoms with van der Waals surface area (Å²) in [4.78, 5) is 17.0. The molecule has 0 aromatic carbocycles. The van der Waals surface area contributed by atoms with Gasteiger partial charge in [0.05, 0.1) is 5.69 Å². The molecule has 0 bridgehead atoms. The molecule has 98 valence electrons. The highest BCUT2D eigenvalue weighted by Gasteiger charge is 2.20. The topological polar surface area (TPSA) is 88.7 Å². The molecule has 1 fully saturated rings. The van der Waals surface area contributed by atoms with Crippen molar-refractivity contribution in [2.45, 2.75) is 18.9 Å². The van der Waals surface area contributed by atoms with E-state index >= 15 is 0 Å². The van der Waals surface area contributed by atoms with Crippen LogP contribution in [-0.2, 0) is 0 Å². The molecule has 0 saturated carbocycles. The number of aromatic nitrogens is 1. The predicted molar refractivity (Wildman–Crippen MR) is 66.8 cm³/mol. The summed E-state index contributed by atoms with van der Waals surface area (Å²) in [6.45, 7) is 1.92. The highest BCUT2D eigenvalue weighted by molar-refractivity contribution is 5.86. The van der Waals surface area contributed by atoms with E-state index in [-0.39, 0.29) is 17.7 Å². The van der Waals surface area contributed by atoms with Crippen molar-refractivity contribution in [2.75, 3.05) is 25.9 Å². The van der Waals surface area contributed by atoms with Crippen LogP contribution >= 0.6 is 0 Å². The van der Waals surface area contributed by atoms with Crippen LogP contribution in [0.15, 0.2) is 12.1 Å². The minimum atomic E-state index is -1.08. The van der Waals surface area contributed by atoms with Crippen molar-refractivity contribution in [3.63, 3.8) is 0 Å². The molecular weight excluding hydrogens is 234 g/mol. The zero-order valence-electron chi connectivity index (χ0n) is 10.3. The van der Waals surface area contributed by atoms with Crippen LogP contribution in [0.2, 0.25) is 0 Å². The van der Waals surface area contributed by atoms with E-state index in [1.54, 1.807) is 0 Å². The Morgan fingerprint density at radius 3 is 2.78 bits per heavy atom. The fourth-order valence-corrected chi connectivity index (χ4v) is 1.93. The number of aromatic carboxylic acids is 1. The second kappa shape index (κ2) is 5.22. The average Bonchev–Trinajstić information content (AvgIpc) is 2.34. The lowest BCUT2D eigenvalue weighted by molar-refractivity contribution is 0.0685. The zero-order chi connectivity index (χ0) is 13.1. The summed E-state index contributed by atoms with van der Waals surface area (Å²) in [6.07, 6.45) is 1.85. The van der Waals surface area contributed by atoms with Crippen molar-refractivity contribution in [3.05, 3.63) is 17.8 Å². The van der Waals surface area contributed by atoms with E-state index in [0.29, 0.717) is 5.69 Å². The minimum Gasteiger partial charge on any atom is -0.477 e. The van der Waals surface area contributed by atoms with Crippen LogP contribution in [0.25, 0.3) is 0 Å². The maximum Gasteiger partial charge on any atom is 0.354 e. The Hall–Kier alpha value is -1.82. The molecule has 1 aliphatic rings. The van der Waals surface area contributed by atoms with Gasteiger partial charge in [-0.25, -0.2) is 9.78 Å². The smallest absolute Gasteiger partial charge is 0.354 e. The quantitative estimate of drug-likeness (QED) is 0.827. The fourth-order valence-electron chi connectivity index (χ4n) is 1.93. The van der Waals surface area contributed by atoms with E-state index in [4.69, 9.17) is 15.6 Å². The number of pyridine rings is 1. The number of nitrogens with two attached hydrogens (primary N) is 1. The number of carboxylic acids is 1. The van der Waals surface area contributed by atoms with Crippen LogP contribution in [-0.4, -0.2) is 47.2 Å². The SMILES string of the molecule is CN1CCC(Oc2nc(C(=O)O)ccc2N)CC1. The number of nitrogens with zero attached hydrogens (tertiary/aromatic N) is 2. The van der Waals surface area contributed by atoms with Crippen molar-refractivity contribution in [1.82, 2.24) is 9.88 Å². The molecule has 0 atom stereocenters. The van der Waals surface area contributed by atoms with Crippen LogP contribution in [0.3, 0.4) is 0 Å². The van der Waals surface area contributed by atoms with E-state index in [9.17, 15) is 4.79 Å². The lowest BCUT2D eigenvalue weighted by Crippen LogP contribution is -2.36. The zero-order valence-corrected chi connectivity index (χ0v) is 10.3. The predicted octanol–water partition coefficient (Wildman–Crippen LogP) is 0.835. The summed E-state index contributed by atoms with van der Waals surface area (Å²) >= 11 is 0. The van der Waals surface area contributed by atoms with Gasteiger partial charge in [0.15, 0.2) is 5.69 Å². The molecule has 0 amide bonds. The Bertz CT molecular complexity index is 442. The first-order valence-corrected chi connectivity index (χ1v) is 5.91. The van der Waals surface area contributed by atoms with Gasteiger partial charge < -0.3 is 20.5 Å². The number of likely N-dealkylation sites (tertiary alicyclic amines) is 1. The molecule has 6 nitrogen and oxygen atoms in total. The number of anilines is 1. The molecule has 3 N–H and O–H groups in total. The first-order valence-electron chi connectivity index (χ1n) is 5.91. The molecule has 2 rings (SSSR count). The van der Waals surface area contributed by atoms with Crippen LogP contribution in [0, 0.1) is 0 Å². The van der Waals surface area contributed by atoms with E-state index in [1.165, 1.54) is 12.1 Å². The Morgan fingerprint density at radius 1 is 1.50 bits per heavy atom. The number of ether oxygens (including phenoxy) is 1. The van der Waals surface area contributed by atoms with Gasteiger partial charge in [0, 0.05) is 13.1 Å². The van der Waals surface area contributed by atoms with Gasteiger partial charge >= 0.3 is 5.97 Å². The summed E-state index contributed by atoms with van der Waals surface area (Å²) in [5, 5.41) is 8.88. The maximum atomic E-state index is 10.8. The Balaban J connectivity index is 2.08. The molecule has 2 heterocycles. The summed E-state index contributed by atoms with van der Waals surface area (Å²) in [5.41, 5.74) is 6.07. The van der Waals surface area contributed by atoms with Gasteiger partial charge in [-0.15, -0.1) is 0 Å². The normalized spacial score (nSPS) is 17.6.